The molecule has 1 aliphatic rings. The first kappa shape index (κ1) is 19.1. The minimum absolute atomic E-state index is 0.0193. The van der Waals surface area contributed by atoms with Gasteiger partial charge in [0, 0.05) is 29.6 Å². The van der Waals surface area contributed by atoms with Crippen LogP contribution in [-0.2, 0) is 0 Å². The number of carbonyl (C=O) groups is 1. The van der Waals surface area contributed by atoms with Gasteiger partial charge in [-0.1, -0.05) is 49.6 Å². The van der Waals surface area contributed by atoms with Crippen molar-refractivity contribution in [2.24, 2.45) is 5.92 Å². The molecule has 2 N–H and O–H groups in total. The van der Waals surface area contributed by atoms with E-state index in [9.17, 15) is 4.79 Å². The first-order chi connectivity index (χ1) is 14.3. The molecule has 1 fully saturated rings. The molecule has 0 aliphatic heterocycles. The molecule has 3 aromatic rings. The fourth-order valence-corrected chi connectivity index (χ4v) is 3.78. The molecule has 0 bridgehead atoms. The number of amides is 1. The number of para-hydroxylation sites is 1. The fraction of sp³-hybridized carbons (Fsp3) is 0.292. The summed E-state index contributed by atoms with van der Waals surface area (Å²) in [6.07, 6.45) is 8.05. The van der Waals surface area contributed by atoms with Gasteiger partial charge in [0.2, 0.25) is 5.95 Å². The molecular formula is C24H26N4O. The summed E-state index contributed by atoms with van der Waals surface area (Å²) >= 11 is 0. The Labute approximate surface area is 171 Å². The summed E-state index contributed by atoms with van der Waals surface area (Å²) in [4.78, 5) is 21.5. The van der Waals surface area contributed by atoms with E-state index in [2.05, 4.69) is 20.6 Å². The van der Waals surface area contributed by atoms with Crippen molar-refractivity contribution in [1.82, 2.24) is 15.3 Å². The number of hydrogen-bond donors (Lipinski definition) is 2. The Balaban J connectivity index is 1.45. The first-order valence-corrected chi connectivity index (χ1v) is 10.3. The van der Waals surface area contributed by atoms with Crippen molar-refractivity contribution in [2.75, 3.05) is 11.9 Å². The molecule has 5 nitrogen and oxygen atoms in total. The van der Waals surface area contributed by atoms with E-state index in [0.29, 0.717) is 17.4 Å². The fourth-order valence-electron chi connectivity index (χ4n) is 3.78. The molecular weight excluding hydrogens is 360 g/mol. The predicted molar refractivity (Wildman–Crippen MR) is 116 cm³/mol. The van der Waals surface area contributed by atoms with Gasteiger partial charge < -0.3 is 10.6 Å². The summed E-state index contributed by atoms with van der Waals surface area (Å²) in [7, 11) is 0. The lowest BCUT2D eigenvalue weighted by molar-refractivity contribution is 0.0943. The van der Waals surface area contributed by atoms with Crippen molar-refractivity contribution in [3.8, 4) is 11.3 Å². The van der Waals surface area contributed by atoms with E-state index >= 15 is 0 Å². The van der Waals surface area contributed by atoms with E-state index in [1.807, 2.05) is 60.7 Å². The number of hydrogen-bond acceptors (Lipinski definition) is 4. The number of rotatable bonds is 6. The van der Waals surface area contributed by atoms with Crippen molar-refractivity contribution in [3.05, 3.63) is 72.4 Å². The Hall–Kier alpha value is -3.21. The third-order valence-electron chi connectivity index (χ3n) is 5.38. The Morgan fingerprint density at radius 2 is 1.79 bits per heavy atom. The van der Waals surface area contributed by atoms with E-state index in [0.717, 1.165) is 23.5 Å². The lowest BCUT2D eigenvalue weighted by atomic mass is 9.89. The molecule has 5 heteroatoms. The van der Waals surface area contributed by atoms with Gasteiger partial charge in [-0.05, 0) is 49.1 Å². The molecule has 1 saturated carbocycles. The second-order valence-corrected chi connectivity index (χ2v) is 7.55. The maximum atomic E-state index is 12.6. The molecule has 2 aromatic carbocycles. The van der Waals surface area contributed by atoms with Crippen molar-refractivity contribution in [1.29, 1.82) is 0 Å². The zero-order valence-corrected chi connectivity index (χ0v) is 16.5. The molecule has 1 aromatic heterocycles. The summed E-state index contributed by atoms with van der Waals surface area (Å²) in [5.74, 6) is 1.12. The van der Waals surface area contributed by atoms with Crippen molar-refractivity contribution in [3.63, 3.8) is 0 Å². The van der Waals surface area contributed by atoms with Gasteiger partial charge in [-0.25, -0.2) is 9.97 Å². The number of carbonyl (C=O) groups excluding carboxylic acids is 1. The number of nitrogens with one attached hydrogen (secondary N) is 2. The smallest absolute Gasteiger partial charge is 0.251 e. The van der Waals surface area contributed by atoms with Gasteiger partial charge in [-0.2, -0.15) is 0 Å². The third kappa shape index (κ3) is 5.19. The Bertz CT molecular complexity index is 952. The number of anilines is 2. The highest BCUT2D eigenvalue weighted by molar-refractivity contribution is 5.95. The largest absolute Gasteiger partial charge is 0.352 e. The Kier molecular flexibility index (Phi) is 6.15. The molecule has 0 saturated heterocycles. The zero-order valence-electron chi connectivity index (χ0n) is 16.5. The second-order valence-electron chi connectivity index (χ2n) is 7.55. The maximum absolute atomic E-state index is 12.6. The molecule has 0 unspecified atom stereocenters. The third-order valence-corrected chi connectivity index (χ3v) is 5.38. The van der Waals surface area contributed by atoms with E-state index in [-0.39, 0.29) is 5.91 Å². The summed E-state index contributed by atoms with van der Waals surface area (Å²) < 4.78 is 0. The highest BCUT2D eigenvalue weighted by Crippen LogP contribution is 2.23. The average Bonchev–Trinajstić information content (AvgIpc) is 2.79. The molecule has 0 atom stereocenters. The van der Waals surface area contributed by atoms with Gasteiger partial charge in [-0.15, -0.1) is 0 Å². The zero-order chi connectivity index (χ0) is 19.9. The van der Waals surface area contributed by atoms with Crippen LogP contribution >= 0.6 is 0 Å². The quantitative estimate of drug-likeness (QED) is 0.611. The van der Waals surface area contributed by atoms with Crippen LogP contribution in [0, 0.1) is 5.92 Å². The maximum Gasteiger partial charge on any atom is 0.251 e. The molecule has 1 aliphatic carbocycles. The van der Waals surface area contributed by atoms with Gasteiger partial charge in [-0.3, -0.25) is 4.79 Å². The molecule has 4 rings (SSSR count). The molecule has 1 heterocycles. The van der Waals surface area contributed by atoms with Crippen molar-refractivity contribution < 1.29 is 4.79 Å². The van der Waals surface area contributed by atoms with Gasteiger partial charge in [0.05, 0.1) is 5.69 Å². The SMILES string of the molecule is O=C(NCC1CCCCC1)c1cccc(-c2ccnc(Nc3ccccc3)n2)c1. The standard InChI is InChI=1S/C24H26N4O/c29-23(26-17-18-8-3-1-4-9-18)20-11-7-10-19(16-20)22-14-15-25-24(28-22)27-21-12-5-2-6-13-21/h2,5-7,10-16,18H,1,3-4,8-9,17H2,(H,26,29)(H,25,27,28). The average molecular weight is 386 g/mol. The summed E-state index contributed by atoms with van der Waals surface area (Å²) in [6, 6.07) is 19.3. The highest BCUT2D eigenvalue weighted by Gasteiger charge is 2.15. The Morgan fingerprint density at radius 1 is 0.966 bits per heavy atom. The highest BCUT2D eigenvalue weighted by atomic mass is 16.1. The van der Waals surface area contributed by atoms with Gasteiger partial charge in [0.1, 0.15) is 0 Å². The molecule has 1 amide bonds. The van der Waals surface area contributed by atoms with Crippen LogP contribution in [0.15, 0.2) is 66.9 Å². The molecule has 148 valence electrons. The molecule has 29 heavy (non-hydrogen) atoms. The summed E-state index contributed by atoms with van der Waals surface area (Å²) in [5, 5.41) is 6.31. The normalized spacial score (nSPS) is 14.3. The van der Waals surface area contributed by atoms with E-state index in [4.69, 9.17) is 0 Å². The van der Waals surface area contributed by atoms with Crippen molar-refractivity contribution >= 4 is 17.5 Å². The monoisotopic (exact) mass is 386 g/mol. The van der Waals surface area contributed by atoms with Crippen LogP contribution in [0.25, 0.3) is 11.3 Å². The molecule has 0 radical (unpaired) electrons. The predicted octanol–water partition coefficient (Wildman–Crippen LogP) is 5.20. The van der Waals surface area contributed by atoms with Crippen molar-refractivity contribution in [2.45, 2.75) is 32.1 Å². The first-order valence-electron chi connectivity index (χ1n) is 10.3. The minimum atomic E-state index is -0.0193. The van der Waals surface area contributed by atoms with Crippen LogP contribution in [0.4, 0.5) is 11.6 Å². The van der Waals surface area contributed by atoms with Gasteiger partial charge >= 0.3 is 0 Å². The van der Waals surface area contributed by atoms with Crippen LogP contribution in [0.3, 0.4) is 0 Å². The second kappa shape index (κ2) is 9.32. The summed E-state index contributed by atoms with van der Waals surface area (Å²) in [6.45, 7) is 0.766. The number of nitrogens with zero attached hydrogens (tertiary/aromatic N) is 2. The van der Waals surface area contributed by atoms with E-state index in [1.165, 1.54) is 32.1 Å². The van der Waals surface area contributed by atoms with Crippen LogP contribution in [0.1, 0.15) is 42.5 Å². The number of benzene rings is 2. The van der Waals surface area contributed by atoms with E-state index < -0.39 is 0 Å². The lowest BCUT2D eigenvalue weighted by Gasteiger charge is -2.21. The van der Waals surface area contributed by atoms with Crippen LogP contribution in [-0.4, -0.2) is 22.4 Å². The summed E-state index contributed by atoms with van der Waals surface area (Å²) in [5.41, 5.74) is 3.27. The lowest BCUT2D eigenvalue weighted by Crippen LogP contribution is -2.30. The number of aromatic nitrogens is 2. The van der Waals surface area contributed by atoms with Crippen LogP contribution in [0.2, 0.25) is 0 Å². The van der Waals surface area contributed by atoms with E-state index in [1.54, 1.807) is 6.20 Å². The van der Waals surface area contributed by atoms with Crippen LogP contribution in [0.5, 0.6) is 0 Å². The topological polar surface area (TPSA) is 66.9 Å². The molecule has 0 spiro atoms. The van der Waals surface area contributed by atoms with Gasteiger partial charge in [0.15, 0.2) is 0 Å². The minimum Gasteiger partial charge on any atom is -0.352 e. The Morgan fingerprint density at radius 3 is 2.62 bits per heavy atom. The van der Waals surface area contributed by atoms with Crippen LogP contribution < -0.4 is 10.6 Å². The van der Waals surface area contributed by atoms with Gasteiger partial charge in [0.25, 0.3) is 5.91 Å².